The molecule has 3 heteroatoms. The Morgan fingerprint density at radius 2 is 1.94 bits per heavy atom. The summed E-state index contributed by atoms with van der Waals surface area (Å²) in [6.45, 7) is 6.82. The molecule has 0 amide bonds. The highest BCUT2D eigenvalue weighted by atomic mass is 35.5. The van der Waals surface area contributed by atoms with Gasteiger partial charge in [0, 0.05) is 10.6 Å². The molecule has 1 aromatic rings. The Morgan fingerprint density at radius 1 is 1.28 bits per heavy atom. The maximum Gasteiger partial charge on any atom is 0.122 e. The van der Waals surface area contributed by atoms with E-state index < -0.39 is 0 Å². The first-order valence-electron chi connectivity index (χ1n) is 6.60. The SMILES string of the molecule is COc1ccc(Cl)cc1C(C)(C)C1CCNCC1. The monoisotopic (exact) mass is 267 g/mol. The molecule has 1 heterocycles. The van der Waals surface area contributed by atoms with Crippen molar-refractivity contribution in [1.29, 1.82) is 0 Å². The van der Waals surface area contributed by atoms with E-state index in [1.54, 1.807) is 7.11 Å². The van der Waals surface area contributed by atoms with Gasteiger partial charge in [0.25, 0.3) is 0 Å². The second-order valence-corrected chi connectivity index (χ2v) is 6.03. The van der Waals surface area contributed by atoms with Crippen LogP contribution in [0.25, 0.3) is 0 Å². The maximum absolute atomic E-state index is 6.15. The Balaban J connectivity index is 2.35. The molecule has 100 valence electrons. The van der Waals surface area contributed by atoms with Gasteiger partial charge >= 0.3 is 0 Å². The third kappa shape index (κ3) is 2.65. The zero-order valence-electron chi connectivity index (χ0n) is 11.4. The number of hydrogen-bond acceptors (Lipinski definition) is 2. The highest BCUT2D eigenvalue weighted by molar-refractivity contribution is 6.30. The zero-order chi connectivity index (χ0) is 13.2. The number of nitrogens with one attached hydrogen (secondary N) is 1. The van der Waals surface area contributed by atoms with Gasteiger partial charge in [-0.3, -0.25) is 0 Å². The highest BCUT2D eigenvalue weighted by Gasteiger charge is 2.34. The fourth-order valence-corrected chi connectivity index (χ4v) is 3.12. The summed E-state index contributed by atoms with van der Waals surface area (Å²) in [7, 11) is 1.73. The third-order valence-electron chi connectivity index (χ3n) is 4.22. The molecule has 1 aliphatic heterocycles. The van der Waals surface area contributed by atoms with Gasteiger partial charge in [0.15, 0.2) is 0 Å². The quantitative estimate of drug-likeness (QED) is 0.903. The number of hydrogen-bond donors (Lipinski definition) is 1. The van der Waals surface area contributed by atoms with Crippen molar-refractivity contribution >= 4 is 11.6 Å². The molecule has 1 fully saturated rings. The molecule has 1 N–H and O–H groups in total. The number of ether oxygens (including phenoxy) is 1. The number of rotatable bonds is 3. The van der Waals surface area contributed by atoms with Crippen LogP contribution in [-0.4, -0.2) is 20.2 Å². The van der Waals surface area contributed by atoms with E-state index in [9.17, 15) is 0 Å². The van der Waals surface area contributed by atoms with Gasteiger partial charge < -0.3 is 10.1 Å². The van der Waals surface area contributed by atoms with Crippen LogP contribution in [0.15, 0.2) is 18.2 Å². The first kappa shape index (κ1) is 13.7. The van der Waals surface area contributed by atoms with Gasteiger partial charge in [-0.05, 0) is 55.5 Å². The van der Waals surface area contributed by atoms with Crippen molar-refractivity contribution < 1.29 is 4.74 Å². The van der Waals surface area contributed by atoms with Gasteiger partial charge in [0.2, 0.25) is 0 Å². The van der Waals surface area contributed by atoms with E-state index >= 15 is 0 Å². The van der Waals surface area contributed by atoms with E-state index in [1.807, 2.05) is 12.1 Å². The van der Waals surface area contributed by atoms with Crippen molar-refractivity contribution in [3.05, 3.63) is 28.8 Å². The van der Waals surface area contributed by atoms with Crippen LogP contribution in [0.1, 0.15) is 32.3 Å². The van der Waals surface area contributed by atoms with Gasteiger partial charge in [-0.2, -0.15) is 0 Å². The Bertz CT molecular complexity index is 411. The molecule has 0 aliphatic carbocycles. The minimum Gasteiger partial charge on any atom is -0.496 e. The summed E-state index contributed by atoms with van der Waals surface area (Å²) in [4.78, 5) is 0. The van der Waals surface area contributed by atoms with Gasteiger partial charge in [-0.15, -0.1) is 0 Å². The topological polar surface area (TPSA) is 21.3 Å². The minimum absolute atomic E-state index is 0.0956. The first-order chi connectivity index (χ1) is 8.55. The molecule has 0 saturated carbocycles. The lowest BCUT2D eigenvalue weighted by Crippen LogP contribution is -2.38. The zero-order valence-corrected chi connectivity index (χ0v) is 12.2. The molecule has 0 spiro atoms. The molecule has 0 bridgehead atoms. The van der Waals surface area contributed by atoms with Gasteiger partial charge in [0.1, 0.15) is 5.75 Å². The van der Waals surface area contributed by atoms with E-state index in [4.69, 9.17) is 16.3 Å². The van der Waals surface area contributed by atoms with Crippen LogP contribution in [0.4, 0.5) is 0 Å². The third-order valence-corrected chi connectivity index (χ3v) is 4.45. The predicted molar refractivity (Wildman–Crippen MR) is 76.6 cm³/mol. The van der Waals surface area contributed by atoms with Crippen molar-refractivity contribution in [1.82, 2.24) is 5.32 Å². The fourth-order valence-electron chi connectivity index (χ4n) is 2.95. The predicted octanol–water partition coefficient (Wildman–Crippen LogP) is 3.63. The number of benzene rings is 1. The molecule has 18 heavy (non-hydrogen) atoms. The van der Waals surface area contributed by atoms with Crippen LogP contribution in [0.5, 0.6) is 5.75 Å². The number of halogens is 1. The normalized spacial score (nSPS) is 17.8. The fraction of sp³-hybridized carbons (Fsp3) is 0.600. The standard InChI is InChI=1S/C15H22ClNO/c1-15(2,11-6-8-17-9-7-11)13-10-12(16)4-5-14(13)18-3/h4-5,10-11,17H,6-9H2,1-3H3. The molecular weight excluding hydrogens is 246 g/mol. The second-order valence-electron chi connectivity index (χ2n) is 5.59. The van der Waals surface area contributed by atoms with Crippen molar-refractivity contribution in [3.63, 3.8) is 0 Å². The first-order valence-corrected chi connectivity index (χ1v) is 6.98. The molecule has 2 nitrogen and oxygen atoms in total. The Labute approximate surface area is 115 Å². The van der Waals surface area contributed by atoms with Gasteiger partial charge in [-0.25, -0.2) is 0 Å². The summed E-state index contributed by atoms with van der Waals surface area (Å²) in [5, 5.41) is 4.21. The average molecular weight is 268 g/mol. The summed E-state index contributed by atoms with van der Waals surface area (Å²) in [5.74, 6) is 1.62. The van der Waals surface area contributed by atoms with Gasteiger partial charge in [-0.1, -0.05) is 25.4 Å². The molecule has 0 unspecified atom stereocenters. The van der Waals surface area contributed by atoms with E-state index in [-0.39, 0.29) is 5.41 Å². The summed E-state index contributed by atoms with van der Waals surface area (Å²) in [6, 6.07) is 5.92. The van der Waals surface area contributed by atoms with E-state index in [0.29, 0.717) is 5.92 Å². The summed E-state index contributed by atoms with van der Waals surface area (Å²) >= 11 is 6.15. The summed E-state index contributed by atoms with van der Waals surface area (Å²) < 4.78 is 5.50. The van der Waals surface area contributed by atoms with Crippen LogP contribution in [-0.2, 0) is 5.41 Å². The molecule has 0 radical (unpaired) electrons. The van der Waals surface area contributed by atoms with Crippen molar-refractivity contribution in [3.8, 4) is 5.75 Å². The highest BCUT2D eigenvalue weighted by Crippen LogP contribution is 2.42. The summed E-state index contributed by atoms with van der Waals surface area (Å²) in [5.41, 5.74) is 1.32. The smallest absolute Gasteiger partial charge is 0.122 e. The Kier molecular flexibility index (Phi) is 4.18. The van der Waals surface area contributed by atoms with Crippen molar-refractivity contribution in [2.24, 2.45) is 5.92 Å². The Hall–Kier alpha value is -0.730. The molecular formula is C15H22ClNO. The largest absolute Gasteiger partial charge is 0.496 e. The second kappa shape index (κ2) is 5.50. The average Bonchev–Trinajstić information content (AvgIpc) is 2.39. The van der Waals surface area contributed by atoms with E-state index in [1.165, 1.54) is 18.4 Å². The van der Waals surface area contributed by atoms with Gasteiger partial charge in [0.05, 0.1) is 7.11 Å². The Morgan fingerprint density at radius 3 is 2.56 bits per heavy atom. The van der Waals surface area contributed by atoms with Crippen molar-refractivity contribution in [2.45, 2.75) is 32.1 Å². The summed E-state index contributed by atoms with van der Waals surface area (Å²) in [6.07, 6.45) is 2.42. The lowest BCUT2D eigenvalue weighted by molar-refractivity contribution is 0.240. The molecule has 0 aromatic heterocycles. The number of methoxy groups -OCH3 is 1. The lowest BCUT2D eigenvalue weighted by atomic mass is 9.69. The molecule has 1 aliphatic rings. The molecule has 1 saturated heterocycles. The van der Waals surface area contributed by atoms with Crippen LogP contribution in [0.3, 0.4) is 0 Å². The van der Waals surface area contributed by atoms with Crippen LogP contribution < -0.4 is 10.1 Å². The van der Waals surface area contributed by atoms with E-state index in [0.717, 1.165) is 23.9 Å². The lowest BCUT2D eigenvalue weighted by Gasteiger charge is -2.38. The van der Waals surface area contributed by atoms with Crippen LogP contribution in [0.2, 0.25) is 5.02 Å². The maximum atomic E-state index is 6.15. The van der Waals surface area contributed by atoms with Crippen LogP contribution >= 0.6 is 11.6 Å². The molecule has 2 rings (SSSR count). The van der Waals surface area contributed by atoms with Crippen molar-refractivity contribution in [2.75, 3.05) is 20.2 Å². The van der Waals surface area contributed by atoms with Crippen LogP contribution in [0, 0.1) is 5.92 Å². The molecule has 0 atom stereocenters. The number of piperidine rings is 1. The molecule has 1 aromatic carbocycles. The minimum atomic E-state index is 0.0956. The van der Waals surface area contributed by atoms with E-state index in [2.05, 4.69) is 25.2 Å².